The summed E-state index contributed by atoms with van der Waals surface area (Å²) in [5.41, 5.74) is 0. The van der Waals surface area contributed by atoms with Crippen LogP contribution in [0.5, 0.6) is 6.01 Å². The molecule has 0 aliphatic carbocycles. The van der Waals surface area contributed by atoms with E-state index in [1.807, 2.05) is 18.7 Å². The van der Waals surface area contributed by atoms with Crippen LogP contribution in [0, 0.1) is 0 Å². The van der Waals surface area contributed by atoms with Gasteiger partial charge >= 0.3 is 6.01 Å². The van der Waals surface area contributed by atoms with Crippen LogP contribution in [0.4, 0.5) is 5.82 Å². The van der Waals surface area contributed by atoms with E-state index in [2.05, 4.69) is 9.97 Å². The summed E-state index contributed by atoms with van der Waals surface area (Å²) in [6.07, 6.45) is 2.19. The molecule has 96 valence electrons. The number of aliphatic hydroxyl groups excluding tert-OH is 1. The van der Waals surface area contributed by atoms with Crippen molar-refractivity contribution in [2.24, 2.45) is 0 Å². The number of anilines is 1. The lowest BCUT2D eigenvalue weighted by Gasteiger charge is -2.28. The summed E-state index contributed by atoms with van der Waals surface area (Å²) in [5, 5.41) is 9.38. The van der Waals surface area contributed by atoms with Gasteiger partial charge in [-0.05, 0) is 20.3 Å². The van der Waals surface area contributed by atoms with E-state index in [4.69, 9.17) is 21.4 Å². The van der Waals surface area contributed by atoms with Gasteiger partial charge in [0.15, 0.2) is 5.82 Å². The van der Waals surface area contributed by atoms with Crippen molar-refractivity contribution in [2.75, 3.05) is 25.2 Å². The Bertz CT molecular complexity index is 361. The fraction of sp³-hybridized carbons (Fsp3) is 0.636. The van der Waals surface area contributed by atoms with Crippen molar-refractivity contribution in [1.82, 2.24) is 9.97 Å². The molecule has 0 spiro atoms. The van der Waals surface area contributed by atoms with Crippen molar-refractivity contribution in [3.05, 3.63) is 11.2 Å². The molecular weight excluding hydrogens is 242 g/mol. The maximum Gasteiger partial charge on any atom is 0.318 e. The number of aliphatic hydroxyl groups is 1. The molecule has 1 N–H and O–H groups in total. The molecule has 1 aromatic heterocycles. The third-order valence-electron chi connectivity index (χ3n) is 2.34. The van der Waals surface area contributed by atoms with Crippen LogP contribution in [0.25, 0.3) is 0 Å². The van der Waals surface area contributed by atoms with Crippen molar-refractivity contribution >= 4 is 17.4 Å². The van der Waals surface area contributed by atoms with Gasteiger partial charge < -0.3 is 14.7 Å². The average Bonchev–Trinajstić information content (AvgIpc) is 2.31. The Kier molecular flexibility index (Phi) is 5.44. The molecule has 17 heavy (non-hydrogen) atoms. The van der Waals surface area contributed by atoms with Crippen molar-refractivity contribution in [1.29, 1.82) is 0 Å². The molecule has 0 radical (unpaired) electrons. The van der Waals surface area contributed by atoms with Crippen LogP contribution in [-0.4, -0.2) is 41.4 Å². The van der Waals surface area contributed by atoms with Gasteiger partial charge in [-0.3, -0.25) is 0 Å². The smallest absolute Gasteiger partial charge is 0.318 e. The highest BCUT2D eigenvalue weighted by Crippen LogP contribution is 2.26. The first-order valence-corrected chi connectivity index (χ1v) is 5.92. The number of methoxy groups -OCH3 is 1. The van der Waals surface area contributed by atoms with Gasteiger partial charge in [0.05, 0.1) is 13.3 Å². The summed E-state index contributed by atoms with van der Waals surface area (Å²) in [4.78, 5) is 10.2. The summed E-state index contributed by atoms with van der Waals surface area (Å²) >= 11 is 6.09. The highest BCUT2D eigenvalue weighted by molar-refractivity contribution is 6.32. The van der Waals surface area contributed by atoms with Gasteiger partial charge in [-0.15, -0.1) is 0 Å². The second kappa shape index (κ2) is 6.61. The molecule has 0 bridgehead atoms. The molecule has 0 aliphatic heterocycles. The lowest BCUT2D eigenvalue weighted by atomic mass is 10.3. The summed E-state index contributed by atoms with van der Waals surface area (Å²) in [7, 11) is 1.51. The average molecular weight is 260 g/mol. The van der Waals surface area contributed by atoms with Crippen molar-refractivity contribution in [3.63, 3.8) is 0 Å². The van der Waals surface area contributed by atoms with E-state index in [0.717, 1.165) is 0 Å². The van der Waals surface area contributed by atoms with E-state index < -0.39 is 0 Å². The predicted octanol–water partition coefficient (Wildman–Crippen LogP) is 1.74. The second-order valence-electron chi connectivity index (χ2n) is 3.89. The van der Waals surface area contributed by atoms with Crippen LogP contribution < -0.4 is 9.64 Å². The second-order valence-corrected chi connectivity index (χ2v) is 4.30. The van der Waals surface area contributed by atoms with Gasteiger partial charge in [0.2, 0.25) is 0 Å². The molecule has 6 heteroatoms. The topological polar surface area (TPSA) is 58.5 Å². The van der Waals surface area contributed by atoms with Crippen LogP contribution in [0.15, 0.2) is 6.20 Å². The molecule has 0 unspecified atom stereocenters. The Morgan fingerprint density at radius 2 is 2.24 bits per heavy atom. The molecule has 0 saturated carbocycles. The summed E-state index contributed by atoms with van der Waals surface area (Å²) in [6.45, 7) is 4.92. The quantitative estimate of drug-likeness (QED) is 0.843. The van der Waals surface area contributed by atoms with Crippen molar-refractivity contribution < 1.29 is 9.84 Å². The SMILES string of the molecule is COc1ncc(Cl)c(N(CCCO)C(C)C)n1. The van der Waals surface area contributed by atoms with E-state index >= 15 is 0 Å². The van der Waals surface area contributed by atoms with Crippen molar-refractivity contribution in [3.8, 4) is 6.01 Å². The third kappa shape index (κ3) is 3.71. The molecule has 1 rings (SSSR count). The Labute approximate surface area is 106 Å². The van der Waals surface area contributed by atoms with Gasteiger partial charge in [0, 0.05) is 19.2 Å². The molecule has 1 heterocycles. The fourth-order valence-electron chi connectivity index (χ4n) is 1.49. The zero-order valence-electron chi connectivity index (χ0n) is 10.4. The van der Waals surface area contributed by atoms with Crippen LogP contribution >= 0.6 is 11.6 Å². The molecule has 0 fully saturated rings. The van der Waals surface area contributed by atoms with Gasteiger partial charge in [0.25, 0.3) is 0 Å². The Hall–Kier alpha value is -1.07. The van der Waals surface area contributed by atoms with E-state index in [1.54, 1.807) is 0 Å². The Morgan fingerprint density at radius 1 is 1.53 bits per heavy atom. The number of hydrogen-bond acceptors (Lipinski definition) is 5. The summed E-state index contributed by atoms with van der Waals surface area (Å²) in [5.74, 6) is 0.641. The first-order valence-electron chi connectivity index (χ1n) is 5.54. The molecule has 5 nitrogen and oxygen atoms in total. The third-order valence-corrected chi connectivity index (χ3v) is 2.61. The van der Waals surface area contributed by atoms with Crippen LogP contribution in [-0.2, 0) is 0 Å². The molecule has 1 aromatic rings. The number of nitrogens with zero attached hydrogens (tertiary/aromatic N) is 3. The number of ether oxygens (including phenoxy) is 1. The largest absolute Gasteiger partial charge is 0.467 e. The van der Waals surface area contributed by atoms with Gasteiger partial charge in [-0.2, -0.15) is 4.98 Å². The number of aromatic nitrogens is 2. The Morgan fingerprint density at radius 3 is 2.76 bits per heavy atom. The van der Waals surface area contributed by atoms with E-state index in [0.29, 0.717) is 29.8 Å². The minimum Gasteiger partial charge on any atom is -0.467 e. The highest BCUT2D eigenvalue weighted by atomic mass is 35.5. The minimum absolute atomic E-state index is 0.142. The number of hydrogen-bond donors (Lipinski definition) is 1. The summed E-state index contributed by atoms with van der Waals surface area (Å²) in [6, 6.07) is 0.526. The van der Waals surface area contributed by atoms with E-state index in [9.17, 15) is 0 Å². The van der Waals surface area contributed by atoms with Crippen LogP contribution in [0.1, 0.15) is 20.3 Å². The molecular formula is C11H18ClN3O2. The molecule has 0 aromatic carbocycles. The molecule has 0 amide bonds. The van der Waals surface area contributed by atoms with Crippen molar-refractivity contribution in [2.45, 2.75) is 26.3 Å². The number of halogens is 1. The minimum atomic E-state index is 0.142. The standard InChI is InChI=1S/C11H18ClN3O2/c1-8(2)15(5-4-6-16)10-9(12)7-13-11(14-10)17-3/h7-8,16H,4-6H2,1-3H3. The maximum atomic E-state index is 8.90. The molecule has 0 saturated heterocycles. The first kappa shape index (κ1) is 14.0. The van der Waals surface area contributed by atoms with Gasteiger partial charge in [-0.1, -0.05) is 11.6 Å². The van der Waals surface area contributed by atoms with Gasteiger partial charge in [0.1, 0.15) is 5.02 Å². The van der Waals surface area contributed by atoms with Crippen LogP contribution in [0.3, 0.4) is 0 Å². The predicted molar refractivity (Wildman–Crippen MR) is 67.8 cm³/mol. The molecule has 0 atom stereocenters. The lowest BCUT2D eigenvalue weighted by Crippen LogP contribution is -2.33. The fourth-order valence-corrected chi connectivity index (χ4v) is 1.69. The monoisotopic (exact) mass is 259 g/mol. The van der Waals surface area contributed by atoms with Gasteiger partial charge in [-0.25, -0.2) is 4.98 Å². The highest BCUT2D eigenvalue weighted by Gasteiger charge is 2.16. The normalized spacial score (nSPS) is 10.7. The van der Waals surface area contributed by atoms with Crippen LogP contribution in [0.2, 0.25) is 5.02 Å². The lowest BCUT2D eigenvalue weighted by molar-refractivity contribution is 0.288. The molecule has 0 aliphatic rings. The summed E-state index contributed by atoms with van der Waals surface area (Å²) < 4.78 is 4.99. The Balaban J connectivity index is 2.99. The first-order chi connectivity index (χ1) is 8.10. The maximum absolute atomic E-state index is 8.90. The van der Waals surface area contributed by atoms with E-state index in [-0.39, 0.29) is 12.6 Å². The zero-order chi connectivity index (χ0) is 12.8. The number of rotatable bonds is 6. The van der Waals surface area contributed by atoms with E-state index in [1.165, 1.54) is 13.3 Å². The zero-order valence-corrected chi connectivity index (χ0v) is 11.1.